The molecule has 3 aromatic rings. The zero-order valence-corrected chi connectivity index (χ0v) is 21.2. The van der Waals surface area contributed by atoms with Gasteiger partial charge in [-0.15, -0.1) is 5.10 Å². The summed E-state index contributed by atoms with van der Waals surface area (Å²) in [6.07, 6.45) is 4.86. The first kappa shape index (κ1) is 25.3. The molecule has 1 N–H and O–H groups in total. The second-order valence-electron chi connectivity index (χ2n) is 8.52. The Morgan fingerprint density at radius 3 is 2.47 bits per heavy atom. The van der Waals surface area contributed by atoms with Gasteiger partial charge in [-0.2, -0.15) is 4.31 Å². The van der Waals surface area contributed by atoms with Crippen LogP contribution >= 0.6 is 0 Å². The molecule has 9 nitrogen and oxygen atoms in total. The minimum Gasteiger partial charge on any atom is -0.497 e. The third-order valence-electron chi connectivity index (χ3n) is 6.07. The molecule has 0 aliphatic heterocycles. The Morgan fingerprint density at radius 2 is 1.86 bits per heavy atom. The number of benzene rings is 2. The first-order valence-corrected chi connectivity index (χ1v) is 12.9. The number of hydrogen-bond donors (Lipinski definition) is 1. The number of rotatable bonds is 9. The summed E-state index contributed by atoms with van der Waals surface area (Å²) in [5.74, 6) is 0.476. The Balaban J connectivity index is 1.42. The van der Waals surface area contributed by atoms with Crippen LogP contribution in [0.2, 0.25) is 0 Å². The molecule has 0 spiro atoms. The lowest BCUT2D eigenvalue weighted by molar-refractivity contribution is -0.112. The van der Waals surface area contributed by atoms with Crippen LogP contribution in [0.5, 0.6) is 5.75 Å². The molecule has 1 aromatic heterocycles. The number of hydrogen-bond acceptors (Lipinski definition) is 7. The normalized spacial score (nSPS) is 17.6. The summed E-state index contributed by atoms with van der Waals surface area (Å²) in [5, 5.41) is 10.4. The molecular weight excluding hydrogens is 480 g/mol. The first-order valence-electron chi connectivity index (χ1n) is 11.5. The summed E-state index contributed by atoms with van der Waals surface area (Å²) >= 11 is 0. The van der Waals surface area contributed by atoms with Crippen LogP contribution in [0.15, 0.2) is 82.8 Å². The van der Waals surface area contributed by atoms with E-state index in [0.717, 1.165) is 5.56 Å². The number of carbonyl (C=O) groups is 1. The Hall–Kier alpha value is -3.76. The number of methoxy groups -OCH3 is 1. The summed E-state index contributed by atoms with van der Waals surface area (Å²) in [5.41, 5.74) is 1.91. The zero-order chi connectivity index (χ0) is 25.8. The molecular formula is C26H28N4O5S. The summed E-state index contributed by atoms with van der Waals surface area (Å²) in [6.45, 7) is 4.10. The molecule has 2 aromatic carbocycles. The molecule has 0 fully saturated rings. The van der Waals surface area contributed by atoms with Crippen LogP contribution in [-0.2, 0) is 21.4 Å². The van der Waals surface area contributed by atoms with Crippen LogP contribution in [0.3, 0.4) is 0 Å². The molecule has 1 aliphatic rings. The largest absolute Gasteiger partial charge is 0.497 e. The lowest BCUT2D eigenvalue weighted by atomic mass is 9.97. The van der Waals surface area contributed by atoms with E-state index in [9.17, 15) is 13.2 Å². The van der Waals surface area contributed by atoms with Gasteiger partial charge >= 0.3 is 6.01 Å². The van der Waals surface area contributed by atoms with E-state index < -0.39 is 20.7 Å². The van der Waals surface area contributed by atoms with Gasteiger partial charge in [0.05, 0.1) is 7.11 Å². The number of ether oxygens (including phenoxy) is 1. The molecule has 0 saturated heterocycles. The van der Waals surface area contributed by atoms with Crippen LogP contribution in [0, 0.1) is 0 Å². The fourth-order valence-electron chi connectivity index (χ4n) is 3.82. The zero-order valence-electron chi connectivity index (χ0n) is 20.3. The van der Waals surface area contributed by atoms with Gasteiger partial charge in [0.25, 0.3) is 5.91 Å². The van der Waals surface area contributed by atoms with E-state index in [4.69, 9.17) is 9.15 Å². The van der Waals surface area contributed by atoms with Gasteiger partial charge in [0.2, 0.25) is 15.9 Å². The topological polar surface area (TPSA) is 115 Å². The van der Waals surface area contributed by atoms with Crippen LogP contribution in [0.25, 0.3) is 11.5 Å². The number of aromatic nitrogens is 2. The van der Waals surface area contributed by atoms with E-state index >= 15 is 0 Å². The number of anilines is 1. The Bertz CT molecular complexity index is 1380. The highest BCUT2D eigenvalue weighted by Crippen LogP contribution is 2.33. The second kappa shape index (κ2) is 10.5. The van der Waals surface area contributed by atoms with E-state index in [1.165, 1.54) is 10.4 Å². The third-order valence-corrected chi connectivity index (χ3v) is 8.62. The lowest BCUT2D eigenvalue weighted by Crippen LogP contribution is -2.45. The highest BCUT2D eigenvalue weighted by molar-refractivity contribution is 7.90. The lowest BCUT2D eigenvalue weighted by Gasteiger charge is -2.33. The number of sulfonamides is 1. The average molecular weight is 509 g/mol. The minimum absolute atomic E-state index is 0.0545. The predicted molar refractivity (Wildman–Crippen MR) is 137 cm³/mol. The van der Waals surface area contributed by atoms with Crippen molar-refractivity contribution >= 4 is 21.9 Å². The molecule has 1 aliphatic carbocycles. The van der Waals surface area contributed by atoms with Crippen molar-refractivity contribution in [3.8, 4) is 17.2 Å². The summed E-state index contributed by atoms with van der Waals surface area (Å²) in [4.78, 5) is 12.8. The predicted octanol–water partition coefficient (Wildman–Crippen LogP) is 4.18. The molecule has 0 radical (unpaired) electrons. The molecule has 10 heteroatoms. The van der Waals surface area contributed by atoms with Crippen molar-refractivity contribution < 1.29 is 22.4 Å². The van der Waals surface area contributed by atoms with Crippen molar-refractivity contribution in [3.05, 3.63) is 84.0 Å². The van der Waals surface area contributed by atoms with Crippen molar-refractivity contribution in [2.24, 2.45) is 0 Å². The van der Waals surface area contributed by atoms with Gasteiger partial charge in [0.1, 0.15) is 10.5 Å². The van der Waals surface area contributed by atoms with Crippen molar-refractivity contribution in [2.45, 2.75) is 31.6 Å². The average Bonchev–Trinajstić information content (AvgIpc) is 3.36. The smallest absolute Gasteiger partial charge is 0.322 e. The van der Waals surface area contributed by atoms with Gasteiger partial charge in [-0.25, -0.2) is 8.42 Å². The van der Waals surface area contributed by atoms with Crippen molar-refractivity contribution in [1.29, 1.82) is 0 Å². The highest BCUT2D eigenvalue weighted by Gasteiger charge is 2.41. The van der Waals surface area contributed by atoms with Gasteiger partial charge in [0.15, 0.2) is 0 Å². The third kappa shape index (κ3) is 5.24. The van der Waals surface area contributed by atoms with E-state index in [-0.39, 0.29) is 24.9 Å². The standard InChI is InChI=1S/C26H28N4O5S/c1-4-30(18-19-8-6-5-7-9-19)36(32,33)26(2)16-14-20(15-17-26)23(31)27-25-29-28-24(35-25)21-10-12-22(34-3)13-11-21/h5-16H,4,17-18H2,1-3H3,(H,27,29,31). The number of nitrogens with zero attached hydrogens (tertiary/aromatic N) is 3. The maximum absolute atomic E-state index is 13.5. The molecule has 1 heterocycles. The number of amides is 1. The molecule has 1 unspecified atom stereocenters. The van der Waals surface area contributed by atoms with Gasteiger partial charge < -0.3 is 9.15 Å². The molecule has 4 rings (SSSR count). The quantitative estimate of drug-likeness (QED) is 0.461. The molecule has 188 valence electrons. The molecule has 36 heavy (non-hydrogen) atoms. The minimum atomic E-state index is -3.69. The van der Waals surface area contributed by atoms with Gasteiger partial charge in [-0.05, 0) is 43.2 Å². The van der Waals surface area contributed by atoms with Crippen molar-refractivity contribution in [1.82, 2.24) is 14.5 Å². The van der Waals surface area contributed by atoms with Gasteiger partial charge in [0, 0.05) is 24.2 Å². The van der Waals surface area contributed by atoms with Crippen LogP contribution in [0.1, 0.15) is 25.8 Å². The maximum Gasteiger partial charge on any atom is 0.322 e. The van der Waals surface area contributed by atoms with Crippen LogP contribution in [-0.4, -0.2) is 47.2 Å². The number of nitrogens with one attached hydrogen (secondary N) is 1. The van der Waals surface area contributed by atoms with E-state index in [0.29, 0.717) is 23.4 Å². The van der Waals surface area contributed by atoms with E-state index in [2.05, 4.69) is 15.5 Å². The Kier molecular flexibility index (Phi) is 7.37. The van der Waals surface area contributed by atoms with Crippen molar-refractivity contribution in [3.63, 3.8) is 0 Å². The van der Waals surface area contributed by atoms with Crippen molar-refractivity contribution in [2.75, 3.05) is 19.0 Å². The summed E-state index contributed by atoms with van der Waals surface area (Å²) < 4.78 is 38.0. The monoisotopic (exact) mass is 508 g/mol. The van der Waals surface area contributed by atoms with Crippen LogP contribution in [0.4, 0.5) is 6.01 Å². The number of carbonyl (C=O) groups excluding carboxylic acids is 1. The fourth-order valence-corrected chi connectivity index (χ4v) is 5.60. The summed E-state index contributed by atoms with van der Waals surface area (Å²) in [7, 11) is -2.12. The summed E-state index contributed by atoms with van der Waals surface area (Å²) in [6, 6.07) is 16.5. The molecule has 0 bridgehead atoms. The molecule has 1 atom stereocenters. The van der Waals surface area contributed by atoms with Gasteiger partial charge in [-0.3, -0.25) is 10.1 Å². The van der Waals surface area contributed by atoms with E-state index in [1.54, 1.807) is 50.5 Å². The van der Waals surface area contributed by atoms with Gasteiger partial charge in [-0.1, -0.05) is 60.6 Å². The molecule has 1 amide bonds. The second-order valence-corrected chi connectivity index (χ2v) is 10.9. The maximum atomic E-state index is 13.5. The Labute approximate surface area is 210 Å². The Morgan fingerprint density at radius 1 is 1.14 bits per heavy atom. The first-order chi connectivity index (χ1) is 17.3. The molecule has 0 saturated carbocycles. The highest BCUT2D eigenvalue weighted by atomic mass is 32.2. The SMILES string of the molecule is CCN(Cc1ccccc1)S(=O)(=O)C1(C)C=CC(C(=O)Nc2nnc(-c3ccc(OC)cc3)o2)=CC1. The number of allylic oxidation sites excluding steroid dienone is 1. The van der Waals surface area contributed by atoms with Crippen LogP contribution < -0.4 is 10.1 Å². The van der Waals surface area contributed by atoms with E-state index in [1.807, 2.05) is 37.3 Å². The fraction of sp³-hybridized carbons (Fsp3) is 0.269.